The topological polar surface area (TPSA) is 64.6 Å². The van der Waals surface area contributed by atoms with E-state index in [2.05, 4.69) is 19.2 Å². The van der Waals surface area contributed by atoms with E-state index >= 15 is 0 Å². The molecule has 5 heteroatoms. The van der Waals surface area contributed by atoms with Gasteiger partial charge in [-0.15, -0.1) is 0 Å². The molecule has 130 valence electrons. The Morgan fingerprint density at radius 1 is 0.909 bits per heavy atom. The van der Waals surface area contributed by atoms with E-state index in [-0.39, 0.29) is 17.6 Å². The van der Waals surface area contributed by atoms with Gasteiger partial charge < -0.3 is 14.8 Å². The second-order valence-electron chi connectivity index (χ2n) is 6.23. The highest BCUT2D eigenvalue weighted by Crippen LogP contribution is 2.05. The number of carbonyl (C=O) groups excluding carboxylic acids is 2. The van der Waals surface area contributed by atoms with Gasteiger partial charge in [0.1, 0.15) is 5.78 Å². The van der Waals surface area contributed by atoms with Crippen molar-refractivity contribution in [2.45, 2.75) is 53.4 Å². The Kier molecular flexibility index (Phi) is 13.1. The zero-order valence-corrected chi connectivity index (χ0v) is 14.7. The number of Topliss-reactive ketones (excluding diaryl/α,β-unsaturated/α-hetero) is 1. The van der Waals surface area contributed by atoms with Crippen LogP contribution in [-0.4, -0.2) is 44.7 Å². The van der Waals surface area contributed by atoms with Crippen LogP contribution in [0.1, 0.15) is 53.4 Å². The standard InChI is InChI=1S/C17H33NO4/c1-14(2)6-5-7-17(20)18-9-11-22-13-12-21-10-8-16(19)15(3)4/h14-15H,5-13H2,1-4H3,(H,18,20). The average molecular weight is 315 g/mol. The maximum Gasteiger partial charge on any atom is 0.220 e. The summed E-state index contributed by atoms with van der Waals surface area (Å²) in [5.74, 6) is 1.03. The van der Waals surface area contributed by atoms with Crippen LogP contribution in [0.5, 0.6) is 0 Å². The average Bonchev–Trinajstić information content (AvgIpc) is 2.44. The molecule has 0 bridgehead atoms. The molecule has 0 aromatic carbocycles. The maximum atomic E-state index is 11.5. The van der Waals surface area contributed by atoms with Gasteiger partial charge in [-0.2, -0.15) is 0 Å². The number of hydrogen-bond acceptors (Lipinski definition) is 4. The SMILES string of the molecule is CC(C)CCCC(=O)NCCOCCOCCC(=O)C(C)C. The molecular weight excluding hydrogens is 282 g/mol. The number of nitrogens with one attached hydrogen (secondary N) is 1. The van der Waals surface area contributed by atoms with Gasteiger partial charge in [-0.1, -0.05) is 34.1 Å². The first-order valence-electron chi connectivity index (χ1n) is 8.38. The Bertz CT molecular complexity index is 303. The van der Waals surface area contributed by atoms with Crippen molar-refractivity contribution in [1.82, 2.24) is 5.32 Å². The highest BCUT2D eigenvalue weighted by Gasteiger charge is 2.06. The number of ether oxygens (including phenoxy) is 2. The molecule has 0 saturated heterocycles. The molecule has 0 aliphatic rings. The van der Waals surface area contributed by atoms with E-state index in [9.17, 15) is 9.59 Å². The van der Waals surface area contributed by atoms with Crippen LogP contribution in [0.3, 0.4) is 0 Å². The molecule has 1 N–H and O–H groups in total. The van der Waals surface area contributed by atoms with Crippen LogP contribution < -0.4 is 5.32 Å². The van der Waals surface area contributed by atoms with Gasteiger partial charge in [-0.3, -0.25) is 9.59 Å². The monoisotopic (exact) mass is 315 g/mol. The predicted molar refractivity (Wildman–Crippen MR) is 87.8 cm³/mol. The molecule has 0 fully saturated rings. The molecule has 0 unspecified atom stereocenters. The third-order valence-corrected chi connectivity index (χ3v) is 3.26. The first kappa shape index (κ1) is 21.1. The lowest BCUT2D eigenvalue weighted by atomic mass is 10.1. The van der Waals surface area contributed by atoms with Crippen LogP contribution in [0.25, 0.3) is 0 Å². The van der Waals surface area contributed by atoms with Crippen molar-refractivity contribution < 1.29 is 19.1 Å². The lowest BCUT2D eigenvalue weighted by Crippen LogP contribution is -2.27. The van der Waals surface area contributed by atoms with Crippen LogP contribution in [-0.2, 0) is 19.1 Å². The molecule has 5 nitrogen and oxygen atoms in total. The Hall–Kier alpha value is -0.940. The second-order valence-corrected chi connectivity index (χ2v) is 6.23. The zero-order valence-electron chi connectivity index (χ0n) is 14.7. The molecule has 0 aromatic rings. The Morgan fingerprint density at radius 3 is 2.14 bits per heavy atom. The fraction of sp³-hybridized carbons (Fsp3) is 0.882. The molecule has 22 heavy (non-hydrogen) atoms. The summed E-state index contributed by atoms with van der Waals surface area (Å²) >= 11 is 0. The molecule has 0 aromatic heterocycles. The molecule has 0 aliphatic heterocycles. The summed E-state index contributed by atoms with van der Waals surface area (Å²) in [6.07, 6.45) is 3.07. The molecule has 0 spiro atoms. The molecule has 0 rings (SSSR count). The normalized spacial score (nSPS) is 11.2. The van der Waals surface area contributed by atoms with E-state index < -0.39 is 0 Å². The van der Waals surface area contributed by atoms with Crippen molar-refractivity contribution in [3.8, 4) is 0 Å². The lowest BCUT2D eigenvalue weighted by molar-refractivity contribution is -0.123. The van der Waals surface area contributed by atoms with Gasteiger partial charge in [-0.05, 0) is 12.3 Å². The molecule has 0 heterocycles. The van der Waals surface area contributed by atoms with Crippen molar-refractivity contribution in [3.05, 3.63) is 0 Å². The second kappa shape index (κ2) is 13.7. The smallest absolute Gasteiger partial charge is 0.220 e. The largest absolute Gasteiger partial charge is 0.379 e. The van der Waals surface area contributed by atoms with E-state index in [4.69, 9.17) is 9.47 Å². The maximum absolute atomic E-state index is 11.5. The summed E-state index contributed by atoms with van der Waals surface area (Å²) in [5.41, 5.74) is 0. The van der Waals surface area contributed by atoms with Crippen LogP contribution >= 0.6 is 0 Å². The van der Waals surface area contributed by atoms with Crippen molar-refractivity contribution in [3.63, 3.8) is 0 Å². The zero-order chi connectivity index (χ0) is 16.8. The van der Waals surface area contributed by atoms with Gasteiger partial charge in [-0.25, -0.2) is 0 Å². The fourth-order valence-electron chi connectivity index (χ4n) is 1.81. The molecular formula is C17H33NO4. The van der Waals surface area contributed by atoms with E-state index in [1.807, 2.05) is 13.8 Å². The van der Waals surface area contributed by atoms with Gasteiger partial charge in [0.15, 0.2) is 0 Å². The van der Waals surface area contributed by atoms with Gasteiger partial charge in [0.05, 0.1) is 26.4 Å². The van der Waals surface area contributed by atoms with Crippen molar-refractivity contribution in [1.29, 1.82) is 0 Å². The Morgan fingerprint density at radius 2 is 1.55 bits per heavy atom. The molecule has 0 atom stereocenters. The van der Waals surface area contributed by atoms with Gasteiger partial charge >= 0.3 is 0 Å². The number of ketones is 1. The Balaban J connectivity index is 3.26. The predicted octanol–water partition coefficient (Wildman–Crippen LogP) is 2.58. The molecule has 0 radical (unpaired) electrons. The summed E-state index contributed by atoms with van der Waals surface area (Å²) in [5, 5.41) is 2.84. The summed E-state index contributed by atoms with van der Waals surface area (Å²) in [6.45, 7) is 10.5. The van der Waals surface area contributed by atoms with Crippen LogP contribution in [0.2, 0.25) is 0 Å². The summed E-state index contributed by atoms with van der Waals surface area (Å²) in [4.78, 5) is 22.8. The van der Waals surface area contributed by atoms with E-state index in [0.29, 0.717) is 51.7 Å². The van der Waals surface area contributed by atoms with Crippen LogP contribution in [0.4, 0.5) is 0 Å². The minimum atomic E-state index is 0.0731. The summed E-state index contributed by atoms with van der Waals surface area (Å²) < 4.78 is 10.7. The lowest BCUT2D eigenvalue weighted by Gasteiger charge is -2.08. The molecule has 1 amide bonds. The molecule has 0 aliphatic carbocycles. The fourth-order valence-corrected chi connectivity index (χ4v) is 1.81. The van der Waals surface area contributed by atoms with Crippen LogP contribution in [0, 0.1) is 11.8 Å². The van der Waals surface area contributed by atoms with Crippen molar-refractivity contribution in [2.24, 2.45) is 11.8 Å². The number of hydrogen-bond donors (Lipinski definition) is 1. The number of carbonyl (C=O) groups is 2. The van der Waals surface area contributed by atoms with Crippen molar-refractivity contribution >= 4 is 11.7 Å². The van der Waals surface area contributed by atoms with Gasteiger partial charge in [0, 0.05) is 25.3 Å². The van der Waals surface area contributed by atoms with Crippen LogP contribution in [0.15, 0.2) is 0 Å². The quantitative estimate of drug-likeness (QED) is 0.500. The summed E-state index contributed by atoms with van der Waals surface area (Å²) in [6, 6.07) is 0. The van der Waals surface area contributed by atoms with E-state index in [1.54, 1.807) is 0 Å². The van der Waals surface area contributed by atoms with Gasteiger partial charge in [0.25, 0.3) is 0 Å². The van der Waals surface area contributed by atoms with Crippen molar-refractivity contribution in [2.75, 3.05) is 33.0 Å². The van der Waals surface area contributed by atoms with E-state index in [1.165, 1.54) is 0 Å². The summed E-state index contributed by atoms with van der Waals surface area (Å²) in [7, 11) is 0. The minimum Gasteiger partial charge on any atom is -0.379 e. The first-order chi connectivity index (χ1) is 10.4. The minimum absolute atomic E-state index is 0.0731. The first-order valence-corrected chi connectivity index (χ1v) is 8.38. The molecule has 0 saturated carbocycles. The Labute approximate surface area is 135 Å². The number of rotatable bonds is 14. The highest BCUT2D eigenvalue weighted by atomic mass is 16.5. The highest BCUT2D eigenvalue weighted by molar-refractivity contribution is 5.80. The third-order valence-electron chi connectivity index (χ3n) is 3.26. The van der Waals surface area contributed by atoms with E-state index in [0.717, 1.165) is 12.8 Å². The third kappa shape index (κ3) is 14.0. The van der Waals surface area contributed by atoms with Gasteiger partial charge in [0.2, 0.25) is 5.91 Å². The number of amides is 1.